The van der Waals surface area contributed by atoms with E-state index in [4.69, 9.17) is 56.2 Å². The smallest absolute Gasteiger partial charge is 0.382 e. The number of hydrogen-bond acceptors (Lipinski definition) is 13. The van der Waals surface area contributed by atoms with Crippen LogP contribution in [0.4, 0.5) is 0 Å². The first-order valence-corrected chi connectivity index (χ1v) is 12.9. The van der Waals surface area contributed by atoms with Crippen molar-refractivity contribution in [2.24, 2.45) is 0 Å². The summed E-state index contributed by atoms with van der Waals surface area (Å²) in [5, 5.41) is 0. The fourth-order valence-corrected chi connectivity index (χ4v) is 3.90. The van der Waals surface area contributed by atoms with Gasteiger partial charge in [0.15, 0.2) is 37.7 Å². The van der Waals surface area contributed by atoms with Crippen LogP contribution in [0.25, 0.3) is 0 Å². The van der Waals surface area contributed by atoms with Gasteiger partial charge in [-0.05, 0) is 41.5 Å². The summed E-state index contributed by atoms with van der Waals surface area (Å²) in [7, 11) is 0.414. The maximum atomic E-state index is 13.5. The van der Waals surface area contributed by atoms with Crippen molar-refractivity contribution in [1.82, 2.24) is 0 Å². The molecule has 0 heterocycles. The Labute approximate surface area is 209 Å². The highest BCUT2D eigenvalue weighted by molar-refractivity contribution is 7.48. The summed E-state index contributed by atoms with van der Waals surface area (Å²) in [6, 6.07) is 0. The lowest BCUT2D eigenvalue weighted by Crippen LogP contribution is -2.28. The Morgan fingerprint density at radius 1 is 0.457 bits per heavy atom. The molecule has 0 N–H and O–H groups in total. The molecule has 13 nitrogen and oxygen atoms in total. The van der Waals surface area contributed by atoms with Crippen molar-refractivity contribution < 1.29 is 60.8 Å². The van der Waals surface area contributed by atoms with Gasteiger partial charge < -0.3 is 42.6 Å². The normalized spacial score (nSPS) is 19.0. The minimum Gasteiger partial charge on any atom is -0.382 e. The van der Waals surface area contributed by atoms with Crippen LogP contribution < -0.4 is 0 Å². The molecule has 0 aromatic heterocycles. The van der Waals surface area contributed by atoms with E-state index in [0.29, 0.717) is 39.6 Å². The summed E-state index contributed by atoms with van der Waals surface area (Å²) in [6.45, 7) is 11.7. The van der Waals surface area contributed by atoms with Crippen molar-refractivity contribution in [1.29, 1.82) is 0 Å². The van der Waals surface area contributed by atoms with Gasteiger partial charge >= 0.3 is 7.82 Å². The molecule has 0 aliphatic carbocycles. The zero-order valence-electron chi connectivity index (χ0n) is 22.5. The van der Waals surface area contributed by atoms with Crippen molar-refractivity contribution in [3.8, 4) is 0 Å². The second-order valence-electron chi connectivity index (χ2n) is 7.17. The van der Waals surface area contributed by atoms with Crippen molar-refractivity contribution in [3.63, 3.8) is 0 Å². The van der Waals surface area contributed by atoms with Gasteiger partial charge in [0.1, 0.15) is 0 Å². The van der Waals surface area contributed by atoms with E-state index < -0.39 is 45.6 Å². The first-order valence-electron chi connectivity index (χ1n) is 11.5. The molecule has 212 valence electrons. The molecule has 0 amide bonds. The van der Waals surface area contributed by atoms with E-state index >= 15 is 0 Å². The first-order chi connectivity index (χ1) is 16.5. The molecular weight excluding hydrogens is 491 g/mol. The Morgan fingerprint density at radius 2 is 0.714 bits per heavy atom. The SMILES string of the molecule is COCCOC(C)OC(C)OP(=O)(OC(C)OC(C)OCCOC)OC(C)OC(C)OCCOC. The van der Waals surface area contributed by atoms with Crippen LogP contribution in [0, 0.1) is 0 Å². The predicted molar refractivity (Wildman–Crippen MR) is 124 cm³/mol. The average molecular weight is 537 g/mol. The maximum absolute atomic E-state index is 13.5. The summed E-state index contributed by atoms with van der Waals surface area (Å²) < 4.78 is 77.8. The van der Waals surface area contributed by atoms with E-state index in [9.17, 15) is 4.57 Å². The van der Waals surface area contributed by atoms with Gasteiger partial charge in [-0.1, -0.05) is 0 Å². The Hall–Kier alpha value is -0.250. The molecule has 0 spiro atoms. The molecule has 6 unspecified atom stereocenters. The fourth-order valence-electron chi connectivity index (χ4n) is 2.51. The van der Waals surface area contributed by atoms with Crippen LogP contribution in [0.15, 0.2) is 0 Å². The van der Waals surface area contributed by atoms with Crippen molar-refractivity contribution >= 4 is 7.82 Å². The third-order valence-electron chi connectivity index (χ3n) is 3.90. The molecular formula is C21H45O13P. The topological polar surface area (TPSA) is 128 Å². The second kappa shape index (κ2) is 20.8. The van der Waals surface area contributed by atoms with Crippen LogP contribution in [0.5, 0.6) is 0 Å². The van der Waals surface area contributed by atoms with Crippen LogP contribution >= 0.6 is 7.82 Å². The van der Waals surface area contributed by atoms with Crippen LogP contribution in [-0.2, 0) is 60.8 Å². The number of methoxy groups -OCH3 is 3. The molecule has 0 saturated carbocycles. The summed E-state index contributed by atoms with van der Waals surface area (Å²) in [5.74, 6) is 0. The largest absolute Gasteiger partial charge is 0.481 e. The van der Waals surface area contributed by atoms with Crippen LogP contribution in [0.3, 0.4) is 0 Å². The second-order valence-corrected chi connectivity index (χ2v) is 8.70. The number of hydrogen-bond donors (Lipinski definition) is 0. The highest BCUT2D eigenvalue weighted by atomic mass is 31.2. The number of phosphoric ester groups is 1. The van der Waals surface area contributed by atoms with E-state index in [1.54, 1.807) is 42.1 Å². The summed E-state index contributed by atoms with van der Waals surface area (Å²) in [4.78, 5) is 0. The lowest BCUT2D eigenvalue weighted by molar-refractivity contribution is -0.242. The molecule has 14 heteroatoms. The highest BCUT2D eigenvalue weighted by Gasteiger charge is 2.36. The van der Waals surface area contributed by atoms with Crippen LogP contribution in [-0.4, -0.2) is 98.7 Å². The molecule has 0 saturated heterocycles. The molecule has 0 rings (SSSR count). The van der Waals surface area contributed by atoms with Gasteiger partial charge in [0.25, 0.3) is 0 Å². The van der Waals surface area contributed by atoms with Crippen LogP contribution in [0.1, 0.15) is 41.5 Å². The molecule has 0 aliphatic rings. The Balaban J connectivity index is 5.05. The monoisotopic (exact) mass is 536 g/mol. The van der Waals surface area contributed by atoms with Gasteiger partial charge in [-0.2, -0.15) is 0 Å². The third kappa shape index (κ3) is 19.5. The molecule has 0 aromatic carbocycles. The van der Waals surface area contributed by atoms with Gasteiger partial charge in [0.05, 0.1) is 39.6 Å². The van der Waals surface area contributed by atoms with Crippen molar-refractivity contribution in [2.45, 2.75) is 79.3 Å². The molecule has 0 aromatic rings. The summed E-state index contributed by atoms with van der Waals surface area (Å²) >= 11 is 0. The molecule has 0 bridgehead atoms. The number of rotatable bonds is 24. The van der Waals surface area contributed by atoms with Crippen molar-refractivity contribution in [3.05, 3.63) is 0 Å². The zero-order chi connectivity index (χ0) is 26.7. The fraction of sp³-hybridized carbons (Fsp3) is 1.00. The van der Waals surface area contributed by atoms with E-state index in [-0.39, 0.29) is 0 Å². The van der Waals surface area contributed by atoms with E-state index in [2.05, 4.69) is 0 Å². The zero-order valence-corrected chi connectivity index (χ0v) is 23.4. The minimum absolute atomic E-state index is 0.312. The van der Waals surface area contributed by atoms with Crippen LogP contribution in [0.2, 0.25) is 0 Å². The maximum Gasteiger partial charge on any atom is 0.481 e. The minimum atomic E-state index is -4.27. The molecule has 6 atom stereocenters. The van der Waals surface area contributed by atoms with Crippen molar-refractivity contribution in [2.75, 3.05) is 61.0 Å². The predicted octanol–water partition coefficient (Wildman–Crippen LogP) is 3.26. The Bertz CT molecular complexity index is 470. The Kier molecular flexibility index (Phi) is 20.6. The van der Waals surface area contributed by atoms with E-state index in [1.807, 2.05) is 0 Å². The number of ether oxygens (including phenoxy) is 9. The molecule has 35 heavy (non-hydrogen) atoms. The first kappa shape index (κ1) is 34.8. The quantitative estimate of drug-likeness (QED) is 0.102. The van der Waals surface area contributed by atoms with E-state index in [0.717, 1.165) is 0 Å². The van der Waals surface area contributed by atoms with Gasteiger partial charge in [-0.25, -0.2) is 4.57 Å². The summed E-state index contributed by atoms with van der Waals surface area (Å²) in [6.07, 6.45) is -5.08. The lowest BCUT2D eigenvalue weighted by Gasteiger charge is -2.29. The molecule has 0 aliphatic heterocycles. The van der Waals surface area contributed by atoms with E-state index in [1.165, 1.54) is 20.8 Å². The standard InChI is InChI=1S/C21H45O13P/c1-16(26-13-10-23-7)29-19(4)32-35(22,33-20(5)30-17(2)27-14-11-24-8)34-21(6)31-18(3)28-15-12-25-9/h16-21H,10-15H2,1-9H3. The molecule has 0 radical (unpaired) electrons. The molecule has 0 fully saturated rings. The average Bonchev–Trinajstić information content (AvgIpc) is 2.73. The highest BCUT2D eigenvalue weighted by Crippen LogP contribution is 2.53. The van der Waals surface area contributed by atoms with Gasteiger partial charge in [-0.3, -0.25) is 13.6 Å². The van der Waals surface area contributed by atoms with Gasteiger partial charge in [0, 0.05) is 21.3 Å². The Morgan fingerprint density at radius 3 is 0.943 bits per heavy atom. The van der Waals surface area contributed by atoms with Gasteiger partial charge in [0.2, 0.25) is 0 Å². The van der Waals surface area contributed by atoms with Gasteiger partial charge in [-0.15, -0.1) is 0 Å². The lowest BCUT2D eigenvalue weighted by atomic mass is 10.6. The third-order valence-corrected chi connectivity index (χ3v) is 5.57. The summed E-state index contributed by atoms with van der Waals surface area (Å²) in [5.41, 5.74) is 0. The number of phosphoric acid groups is 1.